The van der Waals surface area contributed by atoms with E-state index in [9.17, 15) is 0 Å². The van der Waals surface area contributed by atoms with Crippen molar-refractivity contribution in [1.82, 2.24) is 0 Å². The molecule has 0 nitrogen and oxygen atoms in total. The van der Waals surface area contributed by atoms with Gasteiger partial charge in [-0.2, -0.15) is 0 Å². The molecule has 17 aromatic rings. The molecular weight excluding hydrogens is 1490 g/mol. The van der Waals surface area contributed by atoms with Crippen molar-refractivity contribution in [2.75, 3.05) is 0 Å². The molecule has 0 aliphatic carbocycles. The Morgan fingerprint density at radius 1 is 0.160 bits per heavy atom. The Labute approximate surface area is 723 Å². The van der Waals surface area contributed by atoms with Crippen molar-refractivity contribution >= 4 is 120 Å². The van der Waals surface area contributed by atoms with Gasteiger partial charge in [0.1, 0.15) is 0 Å². The van der Waals surface area contributed by atoms with Crippen molar-refractivity contribution in [2.45, 2.75) is 234 Å². The third-order valence-electron chi connectivity index (χ3n) is 25.2. The van der Waals surface area contributed by atoms with Crippen LogP contribution in [0.1, 0.15) is 229 Å². The molecule has 0 aliphatic heterocycles. The normalized spacial score (nSPS) is 11.6. The number of benzene rings is 14. The van der Waals surface area contributed by atoms with Crippen LogP contribution in [0.2, 0.25) is 0 Å². The smallest absolute Gasteiger partial charge is 0.0355 e. The van der Waals surface area contributed by atoms with Crippen LogP contribution in [0.25, 0.3) is 149 Å². The molecule has 0 spiro atoms. The van der Waals surface area contributed by atoms with Gasteiger partial charge in [0.25, 0.3) is 0 Å². The standard InChI is InChI=1S/2C40H42S.C36H40S/c1-3-5-7-9-19-34-32-21-13-14-22-33(32)35(20-10-8-6-4-2)38-28-30(24-25-36(34)38)39-26-27-40(41-39)37-23-15-17-29-16-11-12-18-31(29)37;1-3-5-7-9-17-35-33-19-13-14-20-34(33)36(18-10-8-6-4-2)38-28-32(23-24-37(35)38)40-26-25-39(41-40)31-22-21-29-15-11-12-16-30(29)27-31;1-3-5-7-12-18-31-29-20-14-15-21-30(29)32(19-13-8-6-4-2)34-26-28(22-23-33(31)34)36-25-24-35(37-36)27-16-10-9-11-17-27/h11-18,21-28H,3-10,19-20H2,1-2H3;11-16,19-28H,3-10,17-18H2,1-2H3;9-11,14-17,20-26H,3-8,12-13,18-19H2,1-2H3. The molecule has 17 rings (SSSR count). The second kappa shape index (κ2) is 42.5. The van der Waals surface area contributed by atoms with Gasteiger partial charge in [-0.25, -0.2) is 0 Å². The molecule has 14 aromatic carbocycles. The second-order valence-electron chi connectivity index (χ2n) is 33.6. The van der Waals surface area contributed by atoms with Gasteiger partial charge >= 0.3 is 0 Å². The summed E-state index contributed by atoms with van der Waals surface area (Å²) >= 11 is 5.74. The maximum Gasteiger partial charge on any atom is 0.0355 e. The van der Waals surface area contributed by atoms with Gasteiger partial charge in [0.05, 0.1) is 0 Å². The first-order valence-corrected chi connectivity index (χ1v) is 48.5. The molecule has 0 saturated carbocycles. The third-order valence-corrected chi connectivity index (χ3v) is 28.8. The van der Waals surface area contributed by atoms with Gasteiger partial charge in [-0.15, -0.1) is 34.0 Å². The van der Waals surface area contributed by atoms with E-state index < -0.39 is 0 Å². The summed E-state index contributed by atoms with van der Waals surface area (Å²) in [5.41, 5.74) is 17.3. The number of aryl methyl sites for hydroxylation is 6. The Balaban J connectivity index is 0.000000140. The molecule has 0 atom stereocenters. The predicted octanol–water partition coefficient (Wildman–Crippen LogP) is 37.2. The Hall–Kier alpha value is -9.74. The number of hydrogen-bond acceptors (Lipinski definition) is 3. The van der Waals surface area contributed by atoms with Crippen LogP contribution in [0, 0.1) is 0 Å². The minimum absolute atomic E-state index is 1.16. The quantitative estimate of drug-likeness (QED) is 0.0271. The minimum Gasteiger partial charge on any atom is -0.135 e. The van der Waals surface area contributed by atoms with Crippen LogP contribution in [0.3, 0.4) is 0 Å². The summed E-state index contributed by atoms with van der Waals surface area (Å²) in [6.07, 6.45) is 38.1. The van der Waals surface area contributed by atoms with E-state index in [4.69, 9.17) is 0 Å². The number of fused-ring (bicyclic) bond motifs is 8. The lowest BCUT2D eigenvalue weighted by Gasteiger charge is -2.18. The molecule has 3 aromatic heterocycles. The van der Waals surface area contributed by atoms with Crippen LogP contribution in [0.4, 0.5) is 0 Å². The summed E-state index contributed by atoms with van der Waals surface area (Å²) in [7, 11) is 0. The topological polar surface area (TPSA) is 0 Å². The van der Waals surface area contributed by atoms with E-state index in [1.165, 1.54) is 309 Å². The highest BCUT2D eigenvalue weighted by Crippen LogP contribution is 2.46. The van der Waals surface area contributed by atoms with Crippen LogP contribution < -0.4 is 0 Å². The molecule has 0 unspecified atom stereocenters. The maximum atomic E-state index is 2.52. The Morgan fingerprint density at radius 3 is 0.782 bits per heavy atom. The number of thiophene rings is 3. The lowest BCUT2D eigenvalue weighted by atomic mass is 9.86. The van der Waals surface area contributed by atoms with Gasteiger partial charge in [-0.1, -0.05) is 376 Å². The average Bonchev–Trinajstić information content (AvgIpc) is 1.63. The molecule has 0 amide bonds. The predicted molar refractivity (Wildman–Crippen MR) is 533 cm³/mol. The molecule has 0 saturated heterocycles. The molecule has 0 N–H and O–H groups in total. The van der Waals surface area contributed by atoms with Gasteiger partial charge in [-0.05, 0) is 291 Å². The fourth-order valence-electron chi connectivity index (χ4n) is 18.8. The first kappa shape index (κ1) is 84.3. The SMILES string of the molecule is CCCCCCc1c2ccccc2c(CCCCCC)c2cc(-c3ccc(-c4ccc5ccccc5c4)s3)ccc12.CCCCCCc1c2ccccc2c(CCCCCC)c2cc(-c3ccc(-c4cccc5ccccc45)s3)ccc12.CCCCCCc1c2ccccc2c(CCCCCC)c2cc(-c3ccc(-c4ccccc4)s3)ccc12. The Bertz CT molecular complexity index is 6160. The summed E-state index contributed by atoms with van der Waals surface area (Å²) in [6.45, 7) is 13.8. The van der Waals surface area contributed by atoms with Crippen LogP contribution in [-0.4, -0.2) is 0 Å². The highest BCUT2D eigenvalue weighted by atomic mass is 32.1. The lowest BCUT2D eigenvalue weighted by Crippen LogP contribution is -1.98. The molecular formula is C116H124S3. The van der Waals surface area contributed by atoms with E-state index in [2.05, 4.69) is 321 Å². The molecule has 3 heterocycles. The number of rotatable bonds is 36. The van der Waals surface area contributed by atoms with E-state index >= 15 is 0 Å². The van der Waals surface area contributed by atoms with Gasteiger partial charge in [0.2, 0.25) is 0 Å². The first-order valence-electron chi connectivity index (χ1n) is 46.1. The summed E-state index contributed by atoms with van der Waals surface area (Å²) in [5.74, 6) is 0. The van der Waals surface area contributed by atoms with Crippen molar-refractivity contribution in [1.29, 1.82) is 0 Å². The van der Waals surface area contributed by atoms with E-state index in [-0.39, 0.29) is 0 Å². The van der Waals surface area contributed by atoms with Crippen LogP contribution >= 0.6 is 34.0 Å². The summed E-state index contributed by atoms with van der Waals surface area (Å²) in [6, 6.07) is 105. The highest BCUT2D eigenvalue weighted by molar-refractivity contribution is 7.19. The first-order chi connectivity index (χ1) is 58.8. The highest BCUT2D eigenvalue weighted by Gasteiger charge is 2.21. The molecule has 3 heteroatoms. The van der Waals surface area contributed by atoms with Crippen molar-refractivity contribution < 1.29 is 0 Å². The maximum absolute atomic E-state index is 2.52. The van der Waals surface area contributed by atoms with Gasteiger partial charge in [0, 0.05) is 29.3 Å². The Kier molecular flexibility index (Phi) is 30.1. The van der Waals surface area contributed by atoms with Gasteiger partial charge in [-0.3, -0.25) is 0 Å². The molecule has 0 fully saturated rings. The molecule has 0 aliphatic rings. The lowest BCUT2D eigenvalue weighted by molar-refractivity contribution is 0.668. The van der Waals surface area contributed by atoms with E-state index in [0.717, 1.165) is 32.1 Å². The number of unbranched alkanes of at least 4 members (excludes halogenated alkanes) is 18. The van der Waals surface area contributed by atoms with E-state index in [1.807, 2.05) is 34.0 Å². The molecule has 606 valence electrons. The zero-order valence-corrected chi connectivity index (χ0v) is 74.4. The van der Waals surface area contributed by atoms with E-state index in [0.29, 0.717) is 0 Å². The second-order valence-corrected chi connectivity index (χ2v) is 36.9. The van der Waals surface area contributed by atoms with Crippen molar-refractivity contribution in [3.05, 3.63) is 312 Å². The van der Waals surface area contributed by atoms with Crippen molar-refractivity contribution in [3.8, 4) is 62.6 Å². The van der Waals surface area contributed by atoms with E-state index in [1.54, 1.807) is 33.4 Å². The van der Waals surface area contributed by atoms with Crippen LogP contribution in [-0.2, 0) is 38.5 Å². The summed E-state index contributed by atoms with van der Waals surface area (Å²) in [4.78, 5) is 8.07. The third kappa shape index (κ3) is 20.2. The Morgan fingerprint density at radius 2 is 0.420 bits per heavy atom. The van der Waals surface area contributed by atoms with Crippen LogP contribution in [0.15, 0.2) is 279 Å². The largest absolute Gasteiger partial charge is 0.135 e. The number of hydrogen-bond donors (Lipinski definition) is 0. The van der Waals surface area contributed by atoms with Gasteiger partial charge in [0.15, 0.2) is 0 Å². The van der Waals surface area contributed by atoms with Crippen molar-refractivity contribution in [2.24, 2.45) is 0 Å². The van der Waals surface area contributed by atoms with Crippen LogP contribution in [0.5, 0.6) is 0 Å². The molecule has 119 heavy (non-hydrogen) atoms. The van der Waals surface area contributed by atoms with Crippen molar-refractivity contribution in [3.63, 3.8) is 0 Å². The monoisotopic (exact) mass is 1610 g/mol. The average molecular weight is 1610 g/mol. The fraction of sp³-hybridized carbons (Fsp3) is 0.310. The van der Waals surface area contributed by atoms with Gasteiger partial charge < -0.3 is 0 Å². The molecule has 0 radical (unpaired) electrons. The zero-order chi connectivity index (χ0) is 81.5. The molecule has 0 bridgehead atoms. The summed E-state index contributed by atoms with van der Waals surface area (Å²) in [5, 5.41) is 22.9. The fourth-order valence-corrected chi connectivity index (χ4v) is 21.9. The summed E-state index contributed by atoms with van der Waals surface area (Å²) < 4.78 is 0. The minimum atomic E-state index is 1.16. The zero-order valence-electron chi connectivity index (χ0n) is 72.0.